The quantitative estimate of drug-likeness (QED) is 0.638. The Balaban J connectivity index is 2.09. The van der Waals surface area contributed by atoms with Crippen LogP contribution in [0, 0.1) is 10.1 Å². The third kappa shape index (κ3) is 2.91. The van der Waals surface area contributed by atoms with Crippen LogP contribution in [0.1, 0.15) is 5.76 Å². The maximum absolute atomic E-state index is 10.5. The second-order valence-electron chi connectivity index (χ2n) is 3.45. The molecule has 0 saturated carbocycles. The number of rotatable bonds is 4. The lowest BCUT2D eigenvalue weighted by Crippen LogP contribution is -1.99. The molecule has 0 radical (unpaired) electrons. The van der Waals surface area contributed by atoms with Crippen molar-refractivity contribution in [1.29, 1.82) is 0 Å². The van der Waals surface area contributed by atoms with Gasteiger partial charge >= 0.3 is 5.88 Å². The maximum Gasteiger partial charge on any atom is 0.433 e. The molecular weight excluding hydrogens is 368 g/mol. The largest absolute Gasteiger partial charge is 0.433 e. The Morgan fingerprint density at radius 2 is 1.89 bits per heavy atom. The Bertz CT molecular complexity index is 563. The number of benzene rings is 1. The lowest BCUT2D eigenvalue weighted by Gasteiger charge is -2.08. The highest BCUT2D eigenvalue weighted by molar-refractivity contribution is 9.11. The van der Waals surface area contributed by atoms with Gasteiger partial charge in [-0.2, -0.15) is 0 Å². The van der Waals surface area contributed by atoms with Gasteiger partial charge in [-0.1, -0.05) is 6.07 Å². The Labute approximate surface area is 120 Å². The first kappa shape index (κ1) is 13.1. The van der Waals surface area contributed by atoms with Gasteiger partial charge in [-0.15, -0.1) is 0 Å². The third-order valence-corrected chi connectivity index (χ3v) is 3.55. The highest BCUT2D eigenvalue weighted by Crippen LogP contribution is 2.31. The van der Waals surface area contributed by atoms with Gasteiger partial charge in [-0.25, -0.2) is 0 Å². The van der Waals surface area contributed by atoms with Crippen molar-refractivity contribution < 1.29 is 9.34 Å². The van der Waals surface area contributed by atoms with Crippen molar-refractivity contribution in [3.63, 3.8) is 0 Å². The standard InChI is InChI=1S/C11H8Br2N2O3/c12-8-2-1-3-9(13)11(8)14-6-7-4-5-10(18-7)15(16)17/h1-5,14H,6H2. The molecule has 94 valence electrons. The summed E-state index contributed by atoms with van der Waals surface area (Å²) in [6.07, 6.45) is 0. The van der Waals surface area contributed by atoms with E-state index in [9.17, 15) is 10.1 Å². The minimum atomic E-state index is -0.558. The number of para-hydroxylation sites is 1. The number of nitrogens with one attached hydrogen (secondary N) is 1. The average molecular weight is 376 g/mol. The Morgan fingerprint density at radius 1 is 1.22 bits per heavy atom. The molecule has 1 aromatic carbocycles. The van der Waals surface area contributed by atoms with Gasteiger partial charge < -0.3 is 9.73 Å². The highest BCUT2D eigenvalue weighted by atomic mass is 79.9. The minimum Gasteiger partial charge on any atom is -0.404 e. The van der Waals surface area contributed by atoms with Gasteiger partial charge in [0.15, 0.2) is 0 Å². The molecule has 5 nitrogen and oxygen atoms in total. The molecule has 1 N–H and O–H groups in total. The number of hydrogen-bond acceptors (Lipinski definition) is 4. The molecule has 0 aliphatic carbocycles. The van der Waals surface area contributed by atoms with Crippen molar-refractivity contribution in [3.05, 3.63) is 55.2 Å². The smallest absolute Gasteiger partial charge is 0.404 e. The van der Waals surface area contributed by atoms with Gasteiger partial charge in [0, 0.05) is 8.95 Å². The summed E-state index contributed by atoms with van der Waals surface area (Å²) in [5.74, 6) is 0.252. The van der Waals surface area contributed by atoms with Crippen molar-refractivity contribution in [3.8, 4) is 0 Å². The van der Waals surface area contributed by atoms with Gasteiger partial charge in [-0.05, 0) is 50.1 Å². The van der Waals surface area contributed by atoms with Gasteiger partial charge in [0.25, 0.3) is 0 Å². The summed E-state index contributed by atoms with van der Waals surface area (Å²) in [4.78, 5) is 9.92. The average Bonchev–Trinajstić information content (AvgIpc) is 2.77. The van der Waals surface area contributed by atoms with E-state index in [2.05, 4.69) is 37.2 Å². The third-order valence-electron chi connectivity index (χ3n) is 2.23. The topological polar surface area (TPSA) is 68.3 Å². The van der Waals surface area contributed by atoms with E-state index >= 15 is 0 Å². The van der Waals surface area contributed by atoms with Gasteiger partial charge in [-0.3, -0.25) is 10.1 Å². The first-order valence-corrected chi connectivity index (χ1v) is 6.57. The van der Waals surface area contributed by atoms with E-state index in [1.807, 2.05) is 18.2 Å². The summed E-state index contributed by atoms with van der Waals surface area (Å²) in [7, 11) is 0. The van der Waals surface area contributed by atoms with Crippen molar-refractivity contribution in [2.45, 2.75) is 6.54 Å². The molecule has 0 aliphatic heterocycles. The number of halogens is 2. The zero-order chi connectivity index (χ0) is 13.1. The van der Waals surface area contributed by atoms with E-state index in [1.54, 1.807) is 6.07 Å². The monoisotopic (exact) mass is 374 g/mol. The van der Waals surface area contributed by atoms with Crippen molar-refractivity contribution in [2.75, 3.05) is 5.32 Å². The molecule has 0 fully saturated rings. The molecule has 2 aromatic rings. The lowest BCUT2D eigenvalue weighted by atomic mass is 10.3. The minimum absolute atomic E-state index is 0.252. The van der Waals surface area contributed by atoms with E-state index in [0.29, 0.717) is 12.3 Å². The van der Waals surface area contributed by atoms with Crippen LogP contribution in [0.5, 0.6) is 0 Å². The predicted molar refractivity (Wildman–Crippen MR) is 74.5 cm³/mol. The summed E-state index contributed by atoms with van der Waals surface area (Å²) >= 11 is 6.84. The first-order valence-electron chi connectivity index (χ1n) is 4.99. The molecule has 0 aliphatic rings. The lowest BCUT2D eigenvalue weighted by molar-refractivity contribution is -0.402. The molecule has 7 heteroatoms. The molecule has 18 heavy (non-hydrogen) atoms. The number of hydrogen-bond donors (Lipinski definition) is 1. The van der Waals surface area contributed by atoms with E-state index in [4.69, 9.17) is 4.42 Å². The van der Waals surface area contributed by atoms with E-state index in [-0.39, 0.29) is 5.88 Å². The van der Waals surface area contributed by atoms with Crippen LogP contribution in [0.25, 0.3) is 0 Å². The molecule has 0 bridgehead atoms. The van der Waals surface area contributed by atoms with Crippen LogP contribution in [0.3, 0.4) is 0 Å². The van der Waals surface area contributed by atoms with Gasteiger partial charge in [0.2, 0.25) is 0 Å². The molecule has 0 spiro atoms. The van der Waals surface area contributed by atoms with Crippen LogP contribution in [0.2, 0.25) is 0 Å². The number of furan rings is 1. The fraction of sp³-hybridized carbons (Fsp3) is 0.0909. The maximum atomic E-state index is 10.5. The fourth-order valence-electron chi connectivity index (χ4n) is 1.40. The van der Waals surface area contributed by atoms with Crippen molar-refractivity contribution >= 4 is 43.4 Å². The van der Waals surface area contributed by atoms with Gasteiger partial charge in [0.05, 0.1) is 18.3 Å². The number of nitro groups is 1. The normalized spacial score (nSPS) is 10.3. The molecule has 1 heterocycles. The van der Waals surface area contributed by atoms with Crippen LogP contribution in [0.4, 0.5) is 11.6 Å². The van der Waals surface area contributed by atoms with Crippen LogP contribution in [0.15, 0.2) is 43.7 Å². The van der Waals surface area contributed by atoms with Crippen molar-refractivity contribution in [1.82, 2.24) is 0 Å². The summed E-state index contributed by atoms with van der Waals surface area (Å²) < 4.78 is 6.86. The number of nitrogens with zero attached hydrogens (tertiary/aromatic N) is 1. The molecule has 0 atom stereocenters. The van der Waals surface area contributed by atoms with Crippen LogP contribution in [-0.2, 0) is 6.54 Å². The summed E-state index contributed by atoms with van der Waals surface area (Å²) in [5, 5.41) is 13.6. The second-order valence-corrected chi connectivity index (χ2v) is 5.16. The fourth-order valence-corrected chi connectivity index (χ4v) is 2.68. The predicted octanol–water partition coefficient (Wildman–Crippen LogP) is 4.32. The summed E-state index contributed by atoms with van der Waals surface area (Å²) in [5.41, 5.74) is 0.872. The van der Waals surface area contributed by atoms with Crippen LogP contribution in [-0.4, -0.2) is 4.92 Å². The number of anilines is 1. The van der Waals surface area contributed by atoms with E-state index < -0.39 is 4.92 Å². The summed E-state index contributed by atoms with van der Waals surface area (Å²) in [6.45, 7) is 0.370. The van der Waals surface area contributed by atoms with E-state index in [0.717, 1.165) is 14.6 Å². The Hall–Kier alpha value is -1.34. The molecular formula is C11H8Br2N2O3. The zero-order valence-corrected chi connectivity index (χ0v) is 12.2. The van der Waals surface area contributed by atoms with Gasteiger partial charge in [0.1, 0.15) is 10.7 Å². The molecule has 0 saturated heterocycles. The Kier molecular flexibility index (Phi) is 4.03. The second kappa shape index (κ2) is 5.53. The van der Waals surface area contributed by atoms with E-state index in [1.165, 1.54) is 6.07 Å². The van der Waals surface area contributed by atoms with Crippen LogP contribution < -0.4 is 5.32 Å². The molecule has 1 aromatic heterocycles. The Morgan fingerprint density at radius 3 is 2.44 bits per heavy atom. The highest BCUT2D eigenvalue weighted by Gasteiger charge is 2.12. The molecule has 0 unspecified atom stereocenters. The molecule has 2 rings (SSSR count). The zero-order valence-electron chi connectivity index (χ0n) is 9.02. The van der Waals surface area contributed by atoms with Crippen LogP contribution >= 0.6 is 31.9 Å². The molecule has 0 amide bonds. The SMILES string of the molecule is O=[N+]([O-])c1ccc(CNc2c(Br)cccc2Br)o1. The first-order chi connectivity index (χ1) is 8.58. The summed E-state index contributed by atoms with van der Waals surface area (Å²) in [6, 6.07) is 8.62. The van der Waals surface area contributed by atoms with Crippen molar-refractivity contribution in [2.24, 2.45) is 0 Å².